The number of carbonyl (C=O) groups excluding carboxylic acids is 1. The molecule has 0 spiro atoms. The summed E-state index contributed by atoms with van der Waals surface area (Å²) in [6.07, 6.45) is 2.25. The third-order valence-corrected chi connectivity index (χ3v) is 5.57. The normalized spacial score (nSPS) is 10.8. The Bertz CT molecular complexity index is 1130. The van der Waals surface area contributed by atoms with Crippen LogP contribution < -0.4 is 14.8 Å². The molecule has 0 atom stereocenters. The van der Waals surface area contributed by atoms with Gasteiger partial charge in [-0.1, -0.05) is 18.2 Å². The average Bonchev–Trinajstić information content (AvgIpc) is 3.34. The number of fused-ring (bicyclic) bond motifs is 1. The van der Waals surface area contributed by atoms with E-state index < -0.39 is 0 Å². The molecule has 0 bridgehead atoms. The van der Waals surface area contributed by atoms with E-state index in [4.69, 9.17) is 9.47 Å². The van der Waals surface area contributed by atoms with Crippen molar-refractivity contribution in [3.05, 3.63) is 71.4 Å². The molecular weight excluding hydrogens is 386 g/mol. The van der Waals surface area contributed by atoms with E-state index >= 15 is 0 Å². The highest BCUT2D eigenvalue weighted by Crippen LogP contribution is 2.25. The minimum absolute atomic E-state index is 0.0460. The summed E-state index contributed by atoms with van der Waals surface area (Å²) in [4.78, 5) is 18.0. The van der Waals surface area contributed by atoms with Crippen molar-refractivity contribution >= 4 is 22.2 Å². The summed E-state index contributed by atoms with van der Waals surface area (Å²) in [5, 5.41) is 4.94. The minimum Gasteiger partial charge on any atom is -0.497 e. The van der Waals surface area contributed by atoms with Crippen LogP contribution in [-0.4, -0.2) is 29.5 Å². The van der Waals surface area contributed by atoms with Gasteiger partial charge < -0.3 is 14.8 Å². The Morgan fingerprint density at radius 1 is 1.10 bits per heavy atom. The lowest BCUT2D eigenvalue weighted by atomic mass is 10.1. The Morgan fingerprint density at radius 2 is 1.90 bits per heavy atom. The number of amides is 1. The highest BCUT2D eigenvalue weighted by Gasteiger charge is 2.13. The molecule has 0 saturated heterocycles. The molecule has 0 unspecified atom stereocenters. The number of carbonyl (C=O) groups is 1. The maximum Gasteiger partial charge on any atom is 0.226 e. The number of para-hydroxylation sites is 1. The molecule has 0 fully saturated rings. The van der Waals surface area contributed by atoms with Crippen molar-refractivity contribution in [2.75, 3.05) is 14.2 Å². The molecule has 2 aromatic heterocycles. The van der Waals surface area contributed by atoms with E-state index in [9.17, 15) is 4.79 Å². The number of imidazole rings is 1. The molecule has 0 aliphatic heterocycles. The number of benzene rings is 2. The lowest BCUT2D eigenvalue weighted by Crippen LogP contribution is -2.25. The summed E-state index contributed by atoms with van der Waals surface area (Å²) in [6.45, 7) is 0.428. The first kappa shape index (κ1) is 19.0. The fourth-order valence-corrected chi connectivity index (χ4v) is 4.00. The van der Waals surface area contributed by atoms with E-state index in [1.807, 2.05) is 64.5 Å². The number of nitrogens with one attached hydrogen (secondary N) is 1. The zero-order chi connectivity index (χ0) is 20.2. The van der Waals surface area contributed by atoms with Crippen molar-refractivity contribution in [2.24, 2.45) is 0 Å². The Labute approximate surface area is 172 Å². The number of thiazole rings is 1. The van der Waals surface area contributed by atoms with Gasteiger partial charge in [0.2, 0.25) is 5.91 Å². The van der Waals surface area contributed by atoms with Crippen LogP contribution in [0.1, 0.15) is 11.3 Å². The summed E-state index contributed by atoms with van der Waals surface area (Å²) in [5.41, 5.74) is 3.74. The summed E-state index contributed by atoms with van der Waals surface area (Å²) < 4.78 is 12.5. The fraction of sp³-hybridized carbons (Fsp3) is 0.182. The molecule has 2 heterocycles. The van der Waals surface area contributed by atoms with Gasteiger partial charge in [-0.25, -0.2) is 4.98 Å². The quantitative estimate of drug-likeness (QED) is 0.504. The van der Waals surface area contributed by atoms with Crippen molar-refractivity contribution < 1.29 is 14.3 Å². The van der Waals surface area contributed by atoms with E-state index in [1.54, 1.807) is 14.2 Å². The van der Waals surface area contributed by atoms with Gasteiger partial charge in [-0.3, -0.25) is 9.20 Å². The predicted molar refractivity (Wildman–Crippen MR) is 114 cm³/mol. The van der Waals surface area contributed by atoms with Gasteiger partial charge >= 0.3 is 0 Å². The van der Waals surface area contributed by atoms with Gasteiger partial charge in [-0.05, 0) is 30.3 Å². The van der Waals surface area contributed by atoms with Crippen LogP contribution in [0.4, 0.5) is 0 Å². The van der Waals surface area contributed by atoms with Crippen LogP contribution >= 0.6 is 11.3 Å². The molecule has 0 radical (unpaired) electrons. The van der Waals surface area contributed by atoms with Crippen LogP contribution in [0.15, 0.2) is 60.1 Å². The second-order valence-electron chi connectivity index (χ2n) is 6.50. The van der Waals surface area contributed by atoms with Crippen LogP contribution in [0.25, 0.3) is 16.2 Å². The average molecular weight is 407 g/mol. The van der Waals surface area contributed by atoms with E-state index in [0.29, 0.717) is 6.54 Å². The highest BCUT2D eigenvalue weighted by atomic mass is 32.1. The Hall–Kier alpha value is -3.32. The standard InChI is InChI=1S/C22H21N3O3S/c1-27-18-9-7-15(8-10-18)19-13-25-17(14-29-22(25)24-19)11-21(26)23-12-16-5-3-4-6-20(16)28-2/h3-10,13-14H,11-12H2,1-2H3,(H,23,26). The van der Waals surface area contributed by atoms with Crippen molar-refractivity contribution in [3.63, 3.8) is 0 Å². The van der Waals surface area contributed by atoms with Crippen molar-refractivity contribution in [1.82, 2.24) is 14.7 Å². The van der Waals surface area contributed by atoms with Crippen LogP contribution in [0.3, 0.4) is 0 Å². The van der Waals surface area contributed by atoms with Crippen LogP contribution in [-0.2, 0) is 17.8 Å². The molecule has 0 aliphatic rings. The number of methoxy groups -OCH3 is 2. The zero-order valence-electron chi connectivity index (χ0n) is 16.2. The molecule has 148 valence electrons. The third-order valence-electron chi connectivity index (χ3n) is 4.68. The number of hydrogen-bond donors (Lipinski definition) is 1. The fourth-order valence-electron chi connectivity index (χ4n) is 3.13. The second-order valence-corrected chi connectivity index (χ2v) is 7.34. The largest absolute Gasteiger partial charge is 0.497 e. The molecule has 2 aromatic carbocycles. The number of ether oxygens (including phenoxy) is 2. The maximum absolute atomic E-state index is 12.5. The van der Waals surface area contributed by atoms with Gasteiger partial charge in [-0.2, -0.15) is 0 Å². The Morgan fingerprint density at radius 3 is 2.66 bits per heavy atom. The van der Waals surface area contributed by atoms with E-state index in [1.165, 1.54) is 11.3 Å². The van der Waals surface area contributed by atoms with Gasteiger partial charge in [0.15, 0.2) is 4.96 Å². The Kier molecular flexibility index (Phi) is 5.48. The monoisotopic (exact) mass is 407 g/mol. The predicted octanol–water partition coefficient (Wildman–Crippen LogP) is 3.94. The molecular formula is C22H21N3O3S. The van der Waals surface area contributed by atoms with Crippen molar-refractivity contribution in [2.45, 2.75) is 13.0 Å². The second kappa shape index (κ2) is 8.36. The smallest absolute Gasteiger partial charge is 0.226 e. The number of rotatable bonds is 7. The van der Waals surface area contributed by atoms with Crippen molar-refractivity contribution in [1.29, 1.82) is 0 Å². The summed E-state index contributed by atoms with van der Waals surface area (Å²) in [5.74, 6) is 1.53. The topological polar surface area (TPSA) is 64.9 Å². The molecule has 1 amide bonds. The first-order valence-electron chi connectivity index (χ1n) is 9.16. The van der Waals surface area contributed by atoms with Gasteiger partial charge in [0.1, 0.15) is 11.5 Å². The van der Waals surface area contributed by atoms with Crippen LogP contribution in [0, 0.1) is 0 Å². The number of aromatic nitrogens is 2. The maximum atomic E-state index is 12.5. The molecule has 4 aromatic rings. The molecule has 0 saturated carbocycles. The lowest BCUT2D eigenvalue weighted by Gasteiger charge is -2.09. The highest BCUT2D eigenvalue weighted by molar-refractivity contribution is 7.15. The van der Waals surface area contributed by atoms with E-state index in [2.05, 4.69) is 10.3 Å². The van der Waals surface area contributed by atoms with Crippen LogP contribution in [0.5, 0.6) is 11.5 Å². The lowest BCUT2D eigenvalue weighted by molar-refractivity contribution is -0.120. The Balaban J connectivity index is 1.46. The molecule has 7 heteroatoms. The van der Waals surface area contributed by atoms with Crippen molar-refractivity contribution in [3.8, 4) is 22.8 Å². The van der Waals surface area contributed by atoms with E-state index in [-0.39, 0.29) is 12.3 Å². The van der Waals surface area contributed by atoms with Gasteiger partial charge in [-0.15, -0.1) is 11.3 Å². The first-order chi connectivity index (χ1) is 14.2. The SMILES string of the molecule is COc1ccc(-c2cn3c(CC(=O)NCc4ccccc4OC)csc3n2)cc1. The molecule has 1 N–H and O–H groups in total. The molecule has 6 nitrogen and oxygen atoms in total. The summed E-state index contributed by atoms with van der Waals surface area (Å²) in [6, 6.07) is 15.4. The summed E-state index contributed by atoms with van der Waals surface area (Å²) in [7, 11) is 3.27. The minimum atomic E-state index is -0.0460. The van der Waals surface area contributed by atoms with Crippen LogP contribution in [0.2, 0.25) is 0 Å². The molecule has 4 rings (SSSR count). The van der Waals surface area contributed by atoms with E-state index in [0.717, 1.165) is 39.0 Å². The van der Waals surface area contributed by atoms with Gasteiger partial charge in [0.05, 0.1) is 26.3 Å². The number of nitrogens with zero attached hydrogens (tertiary/aromatic N) is 2. The number of hydrogen-bond acceptors (Lipinski definition) is 5. The van der Waals surface area contributed by atoms with Gasteiger partial charge in [0.25, 0.3) is 0 Å². The third kappa shape index (κ3) is 4.09. The zero-order valence-corrected chi connectivity index (χ0v) is 17.0. The summed E-state index contributed by atoms with van der Waals surface area (Å²) >= 11 is 1.53. The first-order valence-corrected chi connectivity index (χ1v) is 10.0. The molecule has 29 heavy (non-hydrogen) atoms. The van der Waals surface area contributed by atoms with Gasteiger partial charge in [0, 0.05) is 34.9 Å². The molecule has 0 aliphatic carbocycles.